The van der Waals surface area contributed by atoms with Crippen LogP contribution in [0, 0.1) is 0 Å². The van der Waals surface area contributed by atoms with Crippen molar-refractivity contribution in [1.29, 1.82) is 0 Å². The van der Waals surface area contributed by atoms with Gasteiger partial charge in [-0.3, -0.25) is 10.3 Å². The lowest BCUT2D eigenvalue weighted by Crippen LogP contribution is -2.25. The number of hydrogen-bond acceptors (Lipinski definition) is 4. The van der Waals surface area contributed by atoms with Gasteiger partial charge < -0.3 is 9.47 Å². The van der Waals surface area contributed by atoms with E-state index in [4.69, 9.17) is 14.3 Å². The highest BCUT2D eigenvalue weighted by molar-refractivity contribution is 5.68. The average Bonchev–Trinajstić information content (AvgIpc) is 3.43. The Hall–Kier alpha value is -2.46. The normalized spacial score (nSPS) is 20.0. The van der Waals surface area contributed by atoms with Gasteiger partial charge in [0.2, 0.25) is 0 Å². The van der Waals surface area contributed by atoms with E-state index < -0.39 is 0 Å². The standard InChI is InChI=1S/C25H29NO3/c1-17(2)27-23-10-9-20(22-16-25(29-26-22)11-5-6-12-25)15-24(23)28-21-13-18-7-3-4-8-19(18)14-21/h3-4,7-10,15-17,21,26H,5-6,11-14H2,1-2H3. The van der Waals surface area contributed by atoms with E-state index in [-0.39, 0.29) is 17.8 Å². The second-order valence-electron chi connectivity index (χ2n) is 8.78. The van der Waals surface area contributed by atoms with Crippen LogP contribution in [0.3, 0.4) is 0 Å². The Kier molecular flexibility index (Phi) is 4.75. The Bertz CT molecular complexity index is 902. The summed E-state index contributed by atoms with van der Waals surface area (Å²) in [6, 6.07) is 14.8. The van der Waals surface area contributed by atoms with Crippen LogP contribution < -0.4 is 15.0 Å². The van der Waals surface area contributed by atoms with E-state index in [1.807, 2.05) is 19.9 Å². The molecule has 1 spiro atoms. The first-order chi connectivity index (χ1) is 14.1. The molecule has 0 bridgehead atoms. The SMILES string of the molecule is CC(C)Oc1ccc(C2=CC3(CCCC3)ON2)cc1OC1Cc2ccccc2C1. The molecule has 2 aromatic rings. The minimum Gasteiger partial charge on any atom is -0.487 e. The zero-order valence-electron chi connectivity index (χ0n) is 17.2. The summed E-state index contributed by atoms with van der Waals surface area (Å²) < 4.78 is 12.5. The zero-order valence-corrected chi connectivity index (χ0v) is 17.2. The van der Waals surface area contributed by atoms with Gasteiger partial charge in [0.1, 0.15) is 11.7 Å². The van der Waals surface area contributed by atoms with E-state index in [2.05, 4.69) is 48.0 Å². The fourth-order valence-electron chi connectivity index (χ4n) is 4.74. The molecule has 0 atom stereocenters. The predicted octanol–water partition coefficient (Wildman–Crippen LogP) is 5.21. The maximum atomic E-state index is 6.49. The monoisotopic (exact) mass is 391 g/mol. The van der Waals surface area contributed by atoms with Crippen LogP contribution >= 0.6 is 0 Å². The number of nitrogens with one attached hydrogen (secondary N) is 1. The van der Waals surface area contributed by atoms with Gasteiger partial charge in [0, 0.05) is 18.4 Å². The van der Waals surface area contributed by atoms with Gasteiger partial charge in [-0.25, -0.2) is 0 Å². The number of fused-ring (bicyclic) bond motifs is 1. The minimum atomic E-state index is -0.128. The quantitative estimate of drug-likeness (QED) is 0.760. The first kappa shape index (κ1) is 18.6. The average molecular weight is 392 g/mol. The highest BCUT2D eigenvalue weighted by Gasteiger charge is 2.38. The van der Waals surface area contributed by atoms with Crippen LogP contribution in [0.5, 0.6) is 11.5 Å². The molecule has 2 aromatic carbocycles. The zero-order chi connectivity index (χ0) is 19.8. The summed E-state index contributed by atoms with van der Waals surface area (Å²) >= 11 is 0. The largest absolute Gasteiger partial charge is 0.487 e. The third-order valence-corrected chi connectivity index (χ3v) is 6.15. The molecule has 0 aromatic heterocycles. The van der Waals surface area contributed by atoms with E-state index in [1.54, 1.807) is 0 Å². The van der Waals surface area contributed by atoms with Crippen molar-refractivity contribution in [2.45, 2.75) is 70.2 Å². The van der Waals surface area contributed by atoms with Crippen LogP contribution in [-0.4, -0.2) is 17.8 Å². The predicted molar refractivity (Wildman–Crippen MR) is 114 cm³/mol. The first-order valence-corrected chi connectivity index (χ1v) is 10.8. The van der Waals surface area contributed by atoms with Gasteiger partial charge in [-0.15, -0.1) is 0 Å². The molecule has 1 saturated carbocycles. The molecule has 2 aliphatic carbocycles. The highest BCUT2D eigenvalue weighted by Crippen LogP contribution is 2.41. The summed E-state index contributed by atoms with van der Waals surface area (Å²) in [5.41, 5.74) is 7.92. The molecule has 1 N–H and O–H groups in total. The molecule has 0 amide bonds. The first-order valence-electron chi connectivity index (χ1n) is 10.8. The van der Waals surface area contributed by atoms with Crippen molar-refractivity contribution < 1.29 is 14.3 Å². The molecule has 0 radical (unpaired) electrons. The van der Waals surface area contributed by atoms with E-state index in [0.717, 1.165) is 48.4 Å². The fraction of sp³-hybridized carbons (Fsp3) is 0.440. The van der Waals surface area contributed by atoms with E-state index in [9.17, 15) is 0 Å². The Labute approximate surface area is 172 Å². The molecule has 1 fully saturated rings. The Morgan fingerprint density at radius 3 is 2.41 bits per heavy atom. The Morgan fingerprint density at radius 2 is 1.72 bits per heavy atom. The van der Waals surface area contributed by atoms with E-state index in [1.165, 1.54) is 24.0 Å². The van der Waals surface area contributed by atoms with Crippen LogP contribution in [-0.2, 0) is 17.7 Å². The van der Waals surface area contributed by atoms with Gasteiger partial charge in [-0.1, -0.05) is 37.1 Å². The van der Waals surface area contributed by atoms with Gasteiger partial charge in [-0.05, 0) is 62.1 Å². The van der Waals surface area contributed by atoms with Crippen molar-refractivity contribution in [2.24, 2.45) is 0 Å². The van der Waals surface area contributed by atoms with Crippen LogP contribution in [0.15, 0.2) is 48.5 Å². The van der Waals surface area contributed by atoms with E-state index in [0.29, 0.717) is 0 Å². The van der Waals surface area contributed by atoms with Crippen molar-refractivity contribution in [1.82, 2.24) is 5.48 Å². The van der Waals surface area contributed by atoms with Gasteiger partial charge in [0.25, 0.3) is 0 Å². The summed E-state index contributed by atoms with van der Waals surface area (Å²) in [4.78, 5) is 5.96. The maximum Gasteiger partial charge on any atom is 0.162 e. The molecule has 1 aliphatic heterocycles. The fourth-order valence-corrected chi connectivity index (χ4v) is 4.74. The number of benzene rings is 2. The second-order valence-corrected chi connectivity index (χ2v) is 8.78. The van der Waals surface area contributed by atoms with Gasteiger partial charge in [-0.2, -0.15) is 0 Å². The number of rotatable bonds is 5. The molecule has 4 heteroatoms. The molecule has 0 unspecified atom stereocenters. The van der Waals surface area contributed by atoms with Crippen LogP contribution in [0.2, 0.25) is 0 Å². The third kappa shape index (κ3) is 3.74. The molecule has 3 aliphatic rings. The van der Waals surface area contributed by atoms with Crippen molar-refractivity contribution in [3.05, 3.63) is 65.2 Å². The lowest BCUT2D eigenvalue weighted by molar-refractivity contribution is -0.0289. The molecular weight excluding hydrogens is 362 g/mol. The molecule has 29 heavy (non-hydrogen) atoms. The second kappa shape index (κ2) is 7.42. The van der Waals surface area contributed by atoms with E-state index >= 15 is 0 Å². The Morgan fingerprint density at radius 1 is 1.00 bits per heavy atom. The van der Waals surface area contributed by atoms with Crippen LogP contribution in [0.25, 0.3) is 5.70 Å². The van der Waals surface area contributed by atoms with Crippen LogP contribution in [0.4, 0.5) is 0 Å². The highest BCUT2D eigenvalue weighted by atomic mass is 16.7. The molecule has 152 valence electrons. The maximum absolute atomic E-state index is 6.49. The number of hydroxylamine groups is 1. The lowest BCUT2D eigenvalue weighted by atomic mass is 10.00. The number of hydrogen-bond donors (Lipinski definition) is 1. The van der Waals surface area contributed by atoms with Gasteiger partial charge in [0.05, 0.1) is 11.8 Å². The topological polar surface area (TPSA) is 39.7 Å². The third-order valence-electron chi connectivity index (χ3n) is 6.15. The van der Waals surface area contributed by atoms with Gasteiger partial charge in [0.15, 0.2) is 11.5 Å². The van der Waals surface area contributed by atoms with Crippen LogP contribution in [0.1, 0.15) is 56.2 Å². The number of ether oxygens (including phenoxy) is 2. The summed E-state index contributed by atoms with van der Waals surface area (Å²) in [6.45, 7) is 4.09. The van der Waals surface area contributed by atoms with Gasteiger partial charge >= 0.3 is 0 Å². The lowest BCUT2D eigenvalue weighted by Gasteiger charge is -2.19. The summed E-state index contributed by atoms with van der Waals surface area (Å²) in [5.74, 6) is 1.61. The summed E-state index contributed by atoms with van der Waals surface area (Å²) in [5, 5.41) is 0. The molecular formula is C25H29NO3. The van der Waals surface area contributed by atoms with Crippen molar-refractivity contribution in [3.63, 3.8) is 0 Å². The molecule has 1 heterocycles. The molecule has 5 rings (SSSR count). The smallest absolute Gasteiger partial charge is 0.162 e. The Balaban J connectivity index is 1.41. The van der Waals surface area contributed by atoms with Crippen molar-refractivity contribution in [2.75, 3.05) is 0 Å². The van der Waals surface area contributed by atoms with Crippen molar-refractivity contribution in [3.8, 4) is 11.5 Å². The minimum absolute atomic E-state index is 0.0953. The van der Waals surface area contributed by atoms with Crippen molar-refractivity contribution >= 4 is 5.70 Å². The summed E-state index contributed by atoms with van der Waals surface area (Å²) in [6.07, 6.45) is 8.99. The molecule has 4 nitrogen and oxygen atoms in total. The molecule has 0 saturated heterocycles. The summed E-state index contributed by atoms with van der Waals surface area (Å²) in [7, 11) is 0.